The minimum atomic E-state index is -3.38. The molecule has 0 radical (unpaired) electrons. The molecule has 8 heteroatoms. The van der Waals surface area contributed by atoms with Crippen LogP contribution in [0, 0.1) is 6.92 Å². The lowest BCUT2D eigenvalue weighted by Gasteiger charge is -2.00. The van der Waals surface area contributed by atoms with Crippen molar-refractivity contribution < 1.29 is 12.9 Å². The number of nitrogens with zero attached hydrogens (tertiary/aromatic N) is 2. The Hall–Kier alpha value is -0.990. The summed E-state index contributed by atoms with van der Waals surface area (Å²) in [5, 5.41) is 11.4. The van der Waals surface area contributed by atoms with Gasteiger partial charge in [0.05, 0.1) is 5.75 Å². The van der Waals surface area contributed by atoms with Crippen molar-refractivity contribution in [1.29, 1.82) is 0 Å². The molecule has 0 spiro atoms. The van der Waals surface area contributed by atoms with Gasteiger partial charge in [-0.15, -0.1) is 0 Å². The van der Waals surface area contributed by atoms with Crippen molar-refractivity contribution in [2.24, 2.45) is 5.14 Å². The lowest BCUT2D eigenvalue weighted by atomic mass is 10.4. The minimum absolute atomic E-state index is 0.0736. The summed E-state index contributed by atoms with van der Waals surface area (Å²) in [5.41, 5.74) is 0. The van der Waals surface area contributed by atoms with Crippen LogP contribution in [0.5, 0.6) is 0 Å². The number of sulfonamides is 1. The van der Waals surface area contributed by atoms with E-state index in [0.717, 1.165) is 0 Å². The molecule has 0 aliphatic rings. The summed E-state index contributed by atoms with van der Waals surface area (Å²) in [7, 11) is -3.38. The number of hydrogen-bond acceptors (Lipinski definition) is 6. The number of primary sulfonamides is 1. The third-order valence-electron chi connectivity index (χ3n) is 1.65. The molecule has 1 aromatic heterocycles. The van der Waals surface area contributed by atoms with E-state index < -0.39 is 10.0 Å². The van der Waals surface area contributed by atoms with E-state index in [2.05, 4.69) is 15.5 Å². The monoisotopic (exact) mass is 234 g/mol. The van der Waals surface area contributed by atoms with Gasteiger partial charge in [0, 0.05) is 19.5 Å². The van der Waals surface area contributed by atoms with Crippen LogP contribution in [0.15, 0.2) is 4.52 Å². The molecule has 0 saturated heterocycles. The Morgan fingerprint density at radius 1 is 1.47 bits per heavy atom. The Balaban J connectivity index is 2.12. The first-order valence-corrected chi connectivity index (χ1v) is 6.19. The van der Waals surface area contributed by atoms with Crippen molar-refractivity contribution in [3.05, 3.63) is 11.7 Å². The smallest absolute Gasteiger partial charge is 0.227 e. The van der Waals surface area contributed by atoms with Gasteiger partial charge in [0.1, 0.15) is 0 Å². The molecule has 0 saturated carbocycles. The quantitative estimate of drug-likeness (QED) is 0.598. The van der Waals surface area contributed by atoms with Gasteiger partial charge in [-0.05, 0) is 6.92 Å². The van der Waals surface area contributed by atoms with Crippen molar-refractivity contribution in [1.82, 2.24) is 15.5 Å². The van der Waals surface area contributed by atoms with Crippen LogP contribution in [0.3, 0.4) is 0 Å². The lowest BCUT2D eigenvalue weighted by Crippen LogP contribution is -2.28. The first-order chi connectivity index (χ1) is 6.97. The van der Waals surface area contributed by atoms with Gasteiger partial charge < -0.3 is 9.84 Å². The highest BCUT2D eigenvalue weighted by molar-refractivity contribution is 7.89. The Kier molecular flexibility index (Phi) is 4.18. The Morgan fingerprint density at radius 3 is 2.73 bits per heavy atom. The fourth-order valence-corrected chi connectivity index (χ4v) is 1.41. The van der Waals surface area contributed by atoms with Gasteiger partial charge in [-0.25, -0.2) is 13.6 Å². The van der Waals surface area contributed by atoms with Gasteiger partial charge in [0.15, 0.2) is 5.82 Å². The van der Waals surface area contributed by atoms with Crippen LogP contribution in [-0.2, 0) is 16.4 Å². The molecular weight excluding hydrogens is 220 g/mol. The van der Waals surface area contributed by atoms with Crippen LogP contribution in [0.2, 0.25) is 0 Å². The number of rotatable bonds is 6. The Labute approximate surface area is 88.1 Å². The molecular formula is C7H14N4O3S. The van der Waals surface area contributed by atoms with E-state index in [1.54, 1.807) is 6.92 Å². The number of hydrogen-bond donors (Lipinski definition) is 2. The predicted octanol–water partition coefficient (Wildman–Crippen LogP) is -1.20. The molecule has 0 unspecified atom stereocenters. The average Bonchev–Trinajstić information content (AvgIpc) is 2.49. The summed E-state index contributed by atoms with van der Waals surface area (Å²) in [6, 6.07) is 0. The van der Waals surface area contributed by atoms with Gasteiger partial charge in [0.2, 0.25) is 15.9 Å². The van der Waals surface area contributed by atoms with Crippen molar-refractivity contribution in [2.75, 3.05) is 18.8 Å². The van der Waals surface area contributed by atoms with Crippen LogP contribution in [0.25, 0.3) is 0 Å². The summed E-state index contributed by atoms with van der Waals surface area (Å²) in [6.07, 6.45) is 0.575. The second-order valence-electron chi connectivity index (χ2n) is 3.10. The maximum atomic E-state index is 10.6. The molecule has 15 heavy (non-hydrogen) atoms. The van der Waals surface area contributed by atoms with E-state index in [4.69, 9.17) is 9.66 Å². The largest absolute Gasteiger partial charge is 0.339 e. The van der Waals surface area contributed by atoms with Crippen molar-refractivity contribution >= 4 is 10.0 Å². The predicted molar refractivity (Wildman–Crippen MR) is 53.6 cm³/mol. The molecule has 1 heterocycles. The number of aromatic nitrogens is 2. The lowest BCUT2D eigenvalue weighted by molar-refractivity contribution is 0.373. The third-order valence-corrected chi connectivity index (χ3v) is 2.42. The standard InChI is InChI=1S/C7H14N4O3S/c1-6-10-7(14-11-6)2-3-9-4-5-15(8,12)13/h9H,2-5H2,1H3,(H2,8,12,13). The summed E-state index contributed by atoms with van der Waals surface area (Å²) in [6.45, 7) is 2.64. The third kappa shape index (κ3) is 5.45. The van der Waals surface area contributed by atoms with E-state index >= 15 is 0 Å². The second kappa shape index (κ2) is 5.19. The Morgan fingerprint density at radius 2 is 2.20 bits per heavy atom. The zero-order chi connectivity index (χ0) is 11.3. The van der Waals surface area contributed by atoms with Gasteiger partial charge in [0.25, 0.3) is 0 Å². The fraction of sp³-hybridized carbons (Fsp3) is 0.714. The normalized spacial score (nSPS) is 11.9. The van der Waals surface area contributed by atoms with E-state index in [9.17, 15) is 8.42 Å². The van der Waals surface area contributed by atoms with Crippen molar-refractivity contribution in [2.45, 2.75) is 13.3 Å². The molecule has 1 rings (SSSR count). The van der Waals surface area contributed by atoms with Crippen molar-refractivity contribution in [3.63, 3.8) is 0 Å². The van der Waals surface area contributed by atoms with Gasteiger partial charge in [-0.3, -0.25) is 0 Å². The number of nitrogens with two attached hydrogens (primary N) is 1. The van der Waals surface area contributed by atoms with E-state index in [1.165, 1.54) is 0 Å². The van der Waals surface area contributed by atoms with E-state index in [0.29, 0.717) is 31.2 Å². The molecule has 0 aliphatic carbocycles. The summed E-state index contributed by atoms with van der Waals surface area (Å²) < 4.78 is 26.0. The summed E-state index contributed by atoms with van der Waals surface area (Å²) >= 11 is 0. The first kappa shape index (κ1) is 12.1. The topological polar surface area (TPSA) is 111 Å². The molecule has 0 aromatic carbocycles. The number of nitrogens with one attached hydrogen (secondary N) is 1. The summed E-state index contributed by atoms with van der Waals surface area (Å²) in [4.78, 5) is 4.00. The van der Waals surface area contributed by atoms with E-state index in [1.807, 2.05) is 0 Å². The fourth-order valence-electron chi connectivity index (χ4n) is 0.976. The molecule has 0 aliphatic heterocycles. The van der Waals surface area contributed by atoms with Crippen LogP contribution < -0.4 is 10.5 Å². The van der Waals surface area contributed by atoms with Crippen LogP contribution >= 0.6 is 0 Å². The molecule has 0 bridgehead atoms. The average molecular weight is 234 g/mol. The second-order valence-corrected chi connectivity index (χ2v) is 4.84. The Bertz CT molecular complexity index is 400. The molecule has 1 aromatic rings. The summed E-state index contributed by atoms with van der Waals surface area (Å²) in [5.74, 6) is 1.06. The van der Waals surface area contributed by atoms with Gasteiger partial charge in [-0.2, -0.15) is 4.98 Å². The minimum Gasteiger partial charge on any atom is -0.339 e. The highest BCUT2D eigenvalue weighted by atomic mass is 32.2. The number of aryl methyl sites for hydroxylation is 1. The zero-order valence-electron chi connectivity index (χ0n) is 8.43. The van der Waals surface area contributed by atoms with Gasteiger partial charge >= 0.3 is 0 Å². The molecule has 0 atom stereocenters. The molecule has 7 nitrogen and oxygen atoms in total. The van der Waals surface area contributed by atoms with Gasteiger partial charge in [-0.1, -0.05) is 5.16 Å². The highest BCUT2D eigenvalue weighted by Crippen LogP contribution is 1.95. The van der Waals surface area contributed by atoms with Crippen LogP contribution in [-0.4, -0.2) is 37.4 Å². The maximum Gasteiger partial charge on any atom is 0.227 e. The SMILES string of the molecule is Cc1noc(CCNCCS(N)(=O)=O)n1. The highest BCUT2D eigenvalue weighted by Gasteiger charge is 2.03. The molecule has 86 valence electrons. The molecule has 3 N–H and O–H groups in total. The zero-order valence-corrected chi connectivity index (χ0v) is 9.25. The van der Waals surface area contributed by atoms with Crippen molar-refractivity contribution in [3.8, 4) is 0 Å². The maximum absolute atomic E-state index is 10.6. The molecule has 0 amide bonds. The van der Waals surface area contributed by atoms with Crippen LogP contribution in [0.1, 0.15) is 11.7 Å². The first-order valence-electron chi connectivity index (χ1n) is 4.48. The molecule has 0 fully saturated rings. The van der Waals surface area contributed by atoms with E-state index in [-0.39, 0.29) is 5.75 Å². The van der Waals surface area contributed by atoms with Crippen LogP contribution in [0.4, 0.5) is 0 Å².